The van der Waals surface area contributed by atoms with Crippen molar-refractivity contribution in [2.75, 3.05) is 31.2 Å². The molecule has 3 rings (SSSR count). The number of anilines is 1. The monoisotopic (exact) mass is 269 g/mol. The van der Waals surface area contributed by atoms with Crippen molar-refractivity contribution in [1.29, 1.82) is 0 Å². The van der Waals surface area contributed by atoms with Crippen LogP contribution in [0.25, 0.3) is 11.4 Å². The van der Waals surface area contributed by atoms with E-state index >= 15 is 0 Å². The van der Waals surface area contributed by atoms with Gasteiger partial charge in [-0.25, -0.2) is 9.97 Å². The van der Waals surface area contributed by atoms with Gasteiger partial charge < -0.3 is 9.64 Å². The van der Waals surface area contributed by atoms with Gasteiger partial charge in [-0.1, -0.05) is 37.3 Å². The summed E-state index contributed by atoms with van der Waals surface area (Å²) in [7, 11) is 0. The van der Waals surface area contributed by atoms with Crippen LogP contribution in [0, 0.1) is 0 Å². The second-order valence-electron chi connectivity index (χ2n) is 4.86. The van der Waals surface area contributed by atoms with Gasteiger partial charge in [0.2, 0.25) is 0 Å². The zero-order valence-corrected chi connectivity index (χ0v) is 11.7. The van der Waals surface area contributed by atoms with Gasteiger partial charge in [-0.15, -0.1) is 0 Å². The lowest BCUT2D eigenvalue weighted by atomic mass is 10.2. The summed E-state index contributed by atoms with van der Waals surface area (Å²) in [6.07, 6.45) is 0.916. The third-order valence-electron chi connectivity index (χ3n) is 3.49. The molecule has 0 N–H and O–H groups in total. The fourth-order valence-corrected chi connectivity index (χ4v) is 2.33. The Morgan fingerprint density at radius 3 is 2.55 bits per heavy atom. The van der Waals surface area contributed by atoms with E-state index in [0.29, 0.717) is 0 Å². The third kappa shape index (κ3) is 2.80. The summed E-state index contributed by atoms with van der Waals surface area (Å²) >= 11 is 0. The van der Waals surface area contributed by atoms with E-state index in [1.54, 1.807) is 0 Å². The molecular formula is C16H19N3O. The lowest BCUT2D eigenvalue weighted by molar-refractivity contribution is 0.122. The molecule has 2 aromatic rings. The molecule has 1 fully saturated rings. The average Bonchev–Trinajstić information content (AvgIpc) is 2.56. The van der Waals surface area contributed by atoms with Crippen LogP contribution in [0.15, 0.2) is 36.4 Å². The predicted molar refractivity (Wildman–Crippen MR) is 79.9 cm³/mol. The van der Waals surface area contributed by atoms with Gasteiger partial charge in [-0.05, 0) is 6.42 Å². The summed E-state index contributed by atoms with van der Waals surface area (Å²) in [5, 5.41) is 0. The number of hydrogen-bond acceptors (Lipinski definition) is 4. The molecule has 0 bridgehead atoms. The molecule has 4 nitrogen and oxygen atoms in total. The van der Waals surface area contributed by atoms with E-state index in [1.165, 1.54) is 0 Å². The van der Waals surface area contributed by atoms with Crippen LogP contribution in [0.4, 0.5) is 5.82 Å². The van der Waals surface area contributed by atoms with Gasteiger partial charge in [-0.2, -0.15) is 0 Å². The van der Waals surface area contributed by atoms with Gasteiger partial charge >= 0.3 is 0 Å². The van der Waals surface area contributed by atoms with Crippen LogP contribution in [0.3, 0.4) is 0 Å². The van der Waals surface area contributed by atoms with Crippen LogP contribution < -0.4 is 4.90 Å². The number of ether oxygens (including phenoxy) is 1. The minimum atomic E-state index is 0.770. The minimum Gasteiger partial charge on any atom is -0.378 e. The van der Waals surface area contributed by atoms with Gasteiger partial charge in [0.15, 0.2) is 5.82 Å². The van der Waals surface area contributed by atoms with Crippen molar-refractivity contribution in [1.82, 2.24) is 9.97 Å². The first-order chi connectivity index (χ1) is 9.86. The molecule has 0 radical (unpaired) electrons. The molecule has 0 unspecified atom stereocenters. The normalized spacial score (nSPS) is 15.3. The first kappa shape index (κ1) is 13.1. The van der Waals surface area contributed by atoms with Crippen molar-refractivity contribution in [3.8, 4) is 11.4 Å². The van der Waals surface area contributed by atoms with E-state index in [0.717, 1.165) is 55.6 Å². The molecule has 0 amide bonds. The first-order valence-corrected chi connectivity index (χ1v) is 7.13. The van der Waals surface area contributed by atoms with E-state index < -0.39 is 0 Å². The highest BCUT2D eigenvalue weighted by Gasteiger charge is 2.15. The second-order valence-corrected chi connectivity index (χ2v) is 4.86. The van der Waals surface area contributed by atoms with E-state index in [2.05, 4.69) is 35.0 Å². The first-order valence-electron chi connectivity index (χ1n) is 7.13. The number of aryl methyl sites for hydroxylation is 1. The van der Waals surface area contributed by atoms with Crippen molar-refractivity contribution in [3.63, 3.8) is 0 Å². The summed E-state index contributed by atoms with van der Waals surface area (Å²) in [4.78, 5) is 11.7. The number of morpholine rings is 1. The van der Waals surface area contributed by atoms with Crippen molar-refractivity contribution in [2.45, 2.75) is 13.3 Å². The van der Waals surface area contributed by atoms with Crippen molar-refractivity contribution >= 4 is 5.82 Å². The van der Waals surface area contributed by atoms with Crippen LogP contribution in [0.1, 0.15) is 12.6 Å². The molecule has 4 heteroatoms. The fraction of sp³-hybridized carbons (Fsp3) is 0.375. The molecule has 1 aliphatic heterocycles. The molecule has 0 aliphatic carbocycles. The van der Waals surface area contributed by atoms with Gasteiger partial charge in [0, 0.05) is 30.4 Å². The van der Waals surface area contributed by atoms with Crippen LogP contribution in [-0.2, 0) is 11.2 Å². The molecule has 104 valence electrons. The fourth-order valence-electron chi connectivity index (χ4n) is 2.33. The summed E-state index contributed by atoms with van der Waals surface area (Å²) in [6, 6.07) is 12.3. The lowest BCUT2D eigenvalue weighted by Crippen LogP contribution is -2.37. The molecule has 1 aromatic heterocycles. The van der Waals surface area contributed by atoms with Crippen LogP contribution in [0.2, 0.25) is 0 Å². The Hall–Kier alpha value is -1.94. The molecule has 1 aliphatic rings. The Morgan fingerprint density at radius 1 is 1.10 bits per heavy atom. The molecule has 0 saturated carbocycles. The molecule has 0 atom stereocenters. The van der Waals surface area contributed by atoms with E-state index in [-0.39, 0.29) is 0 Å². The van der Waals surface area contributed by atoms with Crippen LogP contribution >= 0.6 is 0 Å². The highest BCUT2D eigenvalue weighted by Crippen LogP contribution is 2.21. The molecule has 1 saturated heterocycles. The third-order valence-corrected chi connectivity index (χ3v) is 3.49. The molecule has 2 heterocycles. The van der Waals surface area contributed by atoms with Gasteiger partial charge in [0.05, 0.1) is 13.2 Å². The second kappa shape index (κ2) is 6.01. The predicted octanol–water partition coefficient (Wildman–Crippen LogP) is 2.54. The number of nitrogens with zero attached hydrogens (tertiary/aromatic N) is 3. The van der Waals surface area contributed by atoms with Gasteiger partial charge in [0.1, 0.15) is 5.82 Å². The number of rotatable bonds is 3. The minimum absolute atomic E-state index is 0.770. The summed E-state index contributed by atoms with van der Waals surface area (Å²) in [5.74, 6) is 1.82. The van der Waals surface area contributed by atoms with Crippen LogP contribution in [-0.4, -0.2) is 36.3 Å². The smallest absolute Gasteiger partial charge is 0.161 e. The molecule has 20 heavy (non-hydrogen) atoms. The highest BCUT2D eigenvalue weighted by atomic mass is 16.5. The van der Waals surface area contributed by atoms with Gasteiger partial charge in [-0.3, -0.25) is 0 Å². The molecule has 0 spiro atoms. The molecular weight excluding hydrogens is 250 g/mol. The maximum absolute atomic E-state index is 5.41. The van der Waals surface area contributed by atoms with E-state index in [1.807, 2.05) is 18.2 Å². The Kier molecular flexibility index (Phi) is 3.92. The average molecular weight is 269 g/mol. The van der Waals surface area contributed by atoms with Crippen molar-refractivity contribution in [3.05, 3.63) is 42.1 Å². The topological polar surface area (TPSA) is 38.2 Å². The number of aromatic nitrogens is 2. The number of benzene rings is 1. The summed E-state index contributed by atoms with van der Waals surface area (Å²) in [5.41, 5.74) is 2.15. The molecule has 1 aromatic carbocycles. The van der Waals surface area contributed by atoms with E-state index in [4.69, 9.17) is 9.72 Å². The maximum atomic E-state index is 5.41. The zero-order valence-electron chi connectivity index (χ0n) is 11.7. The Balaban J connectivity index is 1.98. The standard InChI is InChI=1S/C16H19N3O/c1-2-14-12-15(19-8-10-20-11-9-19)18-16(17-14)13-6-4-3-5-7-13/h3-7,12H,2,8-11H2,1H3. The Morgan fingerprint density at radius 2 is 1.85 bits per heavy atom. The number of hydrogen-bond donors (Lipinski definition) is 0. The highest BCUT2D eigenvalue weighted by molar-refractivity contribution is 5.58. The Labute approximate surface area is 119 Å². The maximum Gasteiger partial charge on any atom is 0.161 e. The Bertz CT molecular complexity index is 565. The summed E-state index contributed by atoms with van der Waals surface area (Å²) < 4.78 is 5.41. The SMILES string of the molecule is CCc1cc(N2CCOCC2)nc(-c2ccccc2)n1. The zero-order chi connectivity index (χ0) is 13.8. The largest absolute Gasteiger partial charge is 0.378 e. The van der Waals surface area contributed by atoms with Gasteiger partial charge in [0.25, 0.3) is 0 Å². The quantitative estimate of drug-likeness (QED) is 0.858. The van der Waals surface area contributed by atoms with Crippen molar-refractivity contribution in [2.24, 2.45) is 0 Å². The van der Waals surface area contributed by atoms with E-state index in [9.17, 15) is 0 Å². The van der Waals surface area contributed by atoms with Crippen LogP contribution in [0.5, 0.6) is 0 Å². The van der Waals surface area contributed by atoms with Crippen molar-refractivity contribution < 1.29 is 4.74 Å². The summed E-state index contributed by atoms with van der Waals surface area (Å²) in [6.45, 7) is 5.46. The lowest BCUT2D eigenvalue weighted by Gasteiger charge is -2.28.